The summed E-state index contributed by atoms with van der Waals surface area (Å²) in [5.74, 6) is 0.00678. The summed E-state index contributed by atoms with van der Waals surface area (Å²) < 4.78 is 0. The van der Waals surface area contributed by atoms with Gasteiger partial charge in [-0.3, -0.25) is 4.79 Å². The van der Waals surface area contributed by atoms with E-state index in [0.29, 0.717) is 11.4 Å². The van der Waals surface area contributed by atoms with Gasteiger partial charge in [0.15, 0.2) is 0 Å². The third-order valence-electron chi connectivity index (χ3n) is 4.95. The van der Waals surface area contributed by atoms with E-state index in [9.17, 15) is 4.79 Å². The summed E-state index contributed by atoms with van der Waals surface area (Å²) in [4.78, 5) is 14.6. The van der Waals surface area contributed by atoms with Crippen LogP contribution in [0.1, 0.15) is 58.4 Å². The normalized spacial score (nSPS) is 17.3. The zero-order valence-electron chi connectivity index (χ0n) is 16.3. The molecule has 2 aliphatic rings. The standard InChI is InChI=1S/C22H29ClN2O/c1-15-11-18(25-10-9-16-7-5-6-8-17(16)14-25)12-19(23)21(15)24-20(26)13-22(2,3)4/h7,11-12,14H,5-6,8-10,13H2,1-4H3,(H,24,26). The number of hydrogen-bond donors (Lipinski definition) is 1. The highest BCUT2D eigenvalue weighted by Crippen LogP contribution is 2.36. The van der Waals surface area contributed by atoms with Crippen LogP contribution in [0.5, 0.6) is 0 Å². The fraction of sp³-hybridized carbons (Fsp3) is 0.500. The first kappa shape index (κ1) is 19.0. The lowest BCUT2D eigenvalue weighted by Gasteiger charge is -2.31. The molecular weight excluding hydrogens is 344 g/mol. The van der Waals surface area contributed by atoms with Gasteiger partial charge in [0.2, 0.25) is 5.91 Å². The molecule has 0 spiro atoms. The largest absolute Gasteiger partial charge is 0.347 e. The van der Waals surface area contributed by atoms with Crippen LogP contribution in [0.15, 0.2) is 35.6 Å². The topological polar surface area (TPSA) is 32.3 Å². The molecule has 140 valence electrons. The Balaban J connectivity index is 1.80. The Bertz CT molecular complexity index is 748. The van der Waals surface area contributed by atoms with Crippen LogP contribution in [-0.4, -0.2) is 12.5 Å². The van der Waals surface area contributed by atoms with Gasteiger partial charge in [-0.25, -0.2) is 0 Å². The first-order valence-corrected chi connectivity index (χ1v) is 9.87. The van der Waals surface area contributed by atoms with Gasteiger partial charge >= 0.3 is 0 Å². The molecule has 26 heavy (non-hydrogen) atoms. The molecule has 0 saturated heterocycles. The van der Waals surface area contributed by atoms with Gasteiger partial charge in [0.05, 0.1) is 10.7 Å². The molecule has 0 bridgehead atoms. The van der Waals surface area contributed by atoms with Gasteiger partial charge in [0, 0.05) is 24.9 Å². The number of rotatable bonds is 3. The van der Waals surface area contributed by atoms with Gasteiger partial charge in [0.1, 0.15) is 0 Å². The number of amides is 1. The third kappa shape index (κ3) is 4.50. The Morgan fingerprint density at radius 3 is 2.69 bits per heavy atom. The SMILES string of the molecule is Cc1cc(N2C=C3CCCC=C3CC2)cc(Cl)c1NC(=O)CC(C)(C)C. The van der Waals surface area contributed by atoms with E-state index in [1.807, 2.05) is 13.0 Å². The molecule has 1 aliphatic heterocycles. The van der Waals surface area contributed by atoms with Crippen LogP contribution in [0.3, 0.4) is 0 Å². The highest BCUT2D eigenvalue weighted by molar-refractivity contribution is 6.34. The molecule has 0 saturated carbocycles. The highest BCUT2D eigenvalue weighted by atomic mass is 35.5. The molecule has 1 heterocycles. The van der Waals surface area contributed by atoms with Crippen LogP contribution in [0.2, 0.25) is 5.02 Å². The van der Waals surface area contributed by atoms with Crippen molar-refractivity contribution in [3.8, 4) is 0 Å². The van der Waals surface area contributed by atoms with Crippen LogP contribution >= 0.6 is 11.6 Å². The zero-order chi connectivity index (χ0) is 18.9. The number of anilines is 2. The molecule has 1 aliphatic carbocycles. The molecule has 0 unspecified atom stereocenters. The number of nitrogens with zero attached hydrogens (tertiary/aromatic N) is 1. The Kier molecular flexibility index (Phi) is 5.47. The summed E-state index contributed by atoms with van der Waals surface area (Å²) in [5.41, 5.74) is 5.75. The monoisotopic (exact) mass is 372 g/mol. The van der Waals surface area contributed by atoms with E-state index in [1.165, 1.54) is 24.0 Å². The molecule has 1 aromatic rings. The number of fused-ring (bicyclic) bond motifs is 1. The van der Waals surface area contributed by atoms with Gasteiger partial charge in [-0.05, 0) is 66.9 Å². The Morgan fingerprint density at radius 2 is 2.00 bits per heavy atom. The van der Waals surface area contributed by atoms with Crippen molar-refractivity contribution < 1.29 is 4.79 Å². The second kappa shape index (κ2) is 7.48. The molecule has 0 radical (unpaired) electrons. The zero-order valence-corrected chi connectivity index (χ0v) is 17.0. The number of benzene rings is 1. The van der Waals surface area contributed by atoms with Crippen molar-refractivity contribution in [3.63, 3.8) is 0 Å². The van der Waals surface area contributed by atoms with Crippen molar-refractivity contribution in [2.24, 2.45) is 5.41 Å². The minimum absolute atomic E-state index is 0.00678. The van der Waals surface area contributed by atoms with Crippen LogP contribution < -0.4 is 10.2 Å². The van der Waals surface area contributed by atoms with Crippen molar-refractivity contribution in [1.82, 2.24) is 0 Å². The minimum atomic E-state index is -0.0460. The molecule has 3 nitrogen and oxygen atoms in total. The maximum atomic E-state index is 12.3. The fourth-order valence-corrected chi connectivity index (χ4v) is 3.99. The van der Waals surface area contributed by atoms with Gasteiger partial charge in [-0.15, -0.1) is 0 Å². The molecule has 3 rings (SSSR count). The van der Waals surface area contributed by atoms with E-state index >= 15 is 0 Å². The molecule has 1 N–H and O–H groups in total. The van der Waals surface area contributed by atoms with Gasteiger partial charge in [-0.2, -0.15) is 0 Å². The predicted octanol–water partition coefficient (Wildman–Crippen LogP) is 6.23. The van der Waals surface area contributed by atoms with E-state index in [0.717, 1.165) is 36.3 Å². The number of carbonyl (C=O) groups excluding carboxylic acids is 1. The Labute approximate surface area is 162 Å². The summed E-state index contributed by atoms with van der Waals surface area (Å²) in [5, 5.41) is 3.60. The quantitative estimate of drug-likeness (QED) is 0.682. The molecule has 1 aromatic carbocycles. The third-order valence-corrected chi connectivity index (χ3v) is 5.24. The number of carbonyl (C=O) groups is 1. The highest BCUT2D eigenvalue weighted by Gasteiger charge is 2.21. The summed E-state index contributed by atoms with van der Waals surface area (Å²) in [6.07, 6.45) is 9.83. The van der Waals surface area contributed by atoms with Crippen LogP contribution in [0.4, 0.5) is 11.4 Å². The second-order valence-corrected chi connectivity index (χ2v) is 9.03. The molecule has 4 heteroatoms. The molecule has 0 aromatic heterocycles. The summed E-state index contributed by atoms with van der Waals surface area (Å²) in [6.45, 7) is 9.15. The lowest BCUT2D eigenvalue weighted by Crippen LogP contribution is -2.25. The number of nitrogens with one attached hydrogen (secondary N) is 1. The first-order chi connectivity index (χ1) is 12.2. The maximum absolute atomic E-state index is 12.3. The van der Waals surface area contributed by atoms with Crippen molar-refractivity contribution in [2.45, 2.75) is 59.8 Å². The number of aryl methyl sites for hydroxylation is 1. The van der Waals surface area contributed by atoms with Gasteiger partial charge < -0.3 is 10.2 Å². The second-order valence-electron chi connectivity index (χ2n) is 8.62. The number of hydrogen-bond acceptors (Lipinski definition) is 2. The average Bonchev–Trinajstić information content (AvgIpc) is 2.56. The van der Waals surface area contributed by atoms with E-state index in [2.05, 4.69) is 49.3 Å². The molecule has 1 amide bonds. The molecular formula is C22H29ClN2O. The predicted molar refractivity (Wildman–Crippen MR) is 111 cm³/mol. The lowest BCUT2D eigenvalue weighted by molar-refractivity contribution is -0.117. The van der Waals surface area contributed by atoms with Gasteiger partial charge in [0.25, 0.3) is 0 Å². The van der Waals surface area contributed by atoms with Crippen LogP contribution in [-0.2, 0) is 4.79 Å². The summed E-state index contributed by atoms with van der Waals surface area (Å²) in [7, 11) is 0. The van der Waals surface area contributed by atoms with E-state index in [4.69, 9.17) is 11.6 Å². The first-order valence-electron chi connectivity index (χ1n) is 9.50. The van der Waals surface area contributed by atoms with Crippen molar-refractivity contribution in [3.05, 3.63) is 46.1 Å². The van der Waals surface area contributed by atoms with Crippen LogP contribution in [0, 0.1) is 12.3 Å². The van der Waals surface area contributed by atoms with Crippen molar-refractivity contribution in [2.75, 3.05) is 16.8 Å². The summed E-state index contributed by atoms with van der Waals surface area (Å²) in [6, 6.07) is 4.09. The Morgan fingerprint density at radius 1 is 1.23 bits per heavy atom. The molecule has 0 fully saturated rings. The minimum Gasteiger partial charge on any atom is -0.347 e. The number of halogens is 1. The van der Waals surface area contributed by atoms with Crippen molar-refractivity contribution in [1.29, 1.82) is 0 Å². The molecule has 0 atom stereocenters. The van der Waals surface area contributed by atoms with E-state index in [1.54, 1.807) is 0 Å². The van der Waals surface area contributed by atoms with Gasteiger partial charge in [-0.1, -0.05) is 38.4 Å². The lowest BCUT2D eigenvalue weighted by atomic mass is 9.90. The van der Waals surface area contributed by atoms with Crippen molar-refractivity contribution >= 4 is 28.9 Å². The fourth-order valence-electron chi connectivity index (χ4n) is 3.68. The average molecular weight is 373 g/mol. The number of allylic oxidation sites excluding steroid dienone is 2. The van der Waals surface area contributed by atoms with E-state index in [-0.39, 0.29) is 11.3 Å². The Hall–Kier alpha value is -1.74. The summed E-state index contributed by atoms with van der Waals surface area (Å²) >= 11 is 6.53. The van der Waals surface area contributed by atoms with Crippen LogP contribution in [0.25, 0.3) is 0 Å². The smallest absolute Gasteiger partial charge is 0.224 e. The van der Waals surface area contributed by atoms with E-state index < -0.39 is 0 Å². The maximum Gasteiger partial charge on any atom is 0.224 e.